The summed E-state index contributed by atoms with van der Waals surface area (Å²) < 4.78 is 29.6. The monoisotopic (exact) mass is 357 g/mol. The summed E-state index contributed by atoms with van der Waals surface area (Å²) in [5.41, 5.74) is 1.08. The number of halogens is 1. The first-order valence-corrected chi connectivity index (χ1v) is 7.63. The van der Waals surface area contributed by atoms with Crippen LogP contribution in [0.2, 0.25) is 0 Å². The molecule has 0 saturated heterocycles. The number of nitrogens with zero attached hydrogens (tertiary/aromatic N) is 1. The molecule has 0 bridgehead atoms. The molecule has 6 nitrogen and oxygen atoms in total. The number of ether oxygens (including phenoxy) is 3. The van der Waals surface area contributed by atoms with E-state index in [1.54, 1.807) is 12.1 Å². The largest absolute Gasteiger partial charge is 0.493 e. The number of aromatic carboxylic acids is 1. The number of carbonyl (C=O) groups is 1. The molecule has 1 N–H and O–H groups in total. The number of rotatable bonds is 5. The van der Waals surface area contributed by atoms with Crippen LogP contribution in [0.5, 0.6) is 17.2 Å². The van der Waals surface area contributed by atoms with Crippen LogP contribution in [0.15, 0.2) is 36.4 Å². The Morgan fingerprint density at radius 1 is 1.04 bits per heavy atom. The molecule has 7 heteroatoms. The average Bonchev–Trinajstić information content (AvgIpc) is 2.65. The first kappa shape index (κ1) is 17.5. The van der Waals surface area contributed by atoms with Crippen LogP contribution < -0.4 is 14.2 Å². The number of benzene rings is 2. The first-order chi connectivity index (χ1) is 12.5. The molecule has 0 fully saturated rings. The Morgan fingerprint density at radius 3 is 2.35 bits per heavy atom. The van der Waals surface area contributed by atoms with Crippen molar-refractivity contribution in [2.24, 2.45) is 0 Å². The Hall–Kier alpha value is -3.35. The van der Waals surface area contributed by atoms with Crippen molar-refractivity contribution in [2.75, 3.05) is 21.3 Å². The lowest BCUT2D eigenvalue weighted by molar-refractivity contribution is 0.0698. The maximum atomic E-state index is 13.6. The topological polar surface area (TPSA) is 77.9 Å². The van der Waals surface area contributed by atoms with Crippen LogP contribution in [0.1, 0.15) is 10.4 Å². The van der Waals surface area contributed by atoms with Crippen LogP contribution in [0.3, 0.4) is 0 Å². The minimum Gasteiger partial charge on any atom is -0.493 e. The van der Waals surface area contributed by atoms with Gasteiger partial charge in [-0.15, -0.1) is 0 Å². The van der Waals surface area contributed by atoms with Gasteiger partial charge in [-0.2, -0.15) is 0 Å². The zero-order chi connectivity index (χ0) is 18.8. The number of aromatic nitrogens is 1. The molecule has 0 spiro atoms. The number of hydrogen-bond donors (Lipinski definition) is 1. The van der Waals surface area contributed by atoms with E-state index in [9.17, 15) is 14.3 Å². The van der Waals surface area contributed by atoms with Gasteiger partial charge in [-0.1, -0.05) is 12.1 Å². The number of hydrogen-bond acceptors (Lipinski definition) is 5. The van der Waals surface area contributed by atoms with Gasteiger partial charge in [0, 0.05) is 11.6 Å². The van der Waals surface area contributed by atoms with Gasteiger partial charge in [0.1, 0.15) is 5.82 Å². The van der Waals surface area contributed by atoms with Gasteiger partial charge < -0.3 is 19.3 Å². The predicted molar refractivity (Wildman–Crippen MR) is 93.8 cm³/mol. The van der Waals surface area contributed by atoms with Crippen LogP contribution in [0.25, 0.3) is 22.2 Å². The molecular weight excluding hydrogens is 341 g/mol. The second-order valence-electron chi connectivity index (χ2n) is 5.41. The molecule has 3 aromatic rings. The second-order valence-corrected chi connectivity index (χ2v) is 5.41. The quantitative estimate of drug-likeness (QED) is 0.749. The molecule has 0 atom stereocenters. The molecule has 0 aliphatic rings. The van der Waals surface area contributed by atoms with Crippen molar-refractivity contribution < 1.29 is 28.5 Å². The summed E-state index contributed by atoms with van der Waals surface area (Å²) >= 11 is 0. The van der Waals surface area contributed by atoms with Gasteiger partial charge in [0.15, 0.2) is 11.5 Å². The Bertz CT molecular complexity index is 1000. The van der Waals surface area contributed by atoms with Crippen LogP contribution >= 0.6 is 0 Å². The zero-order valence-electron chi connectivity index (χ0n) is 14.4. The highest BCUT2D eigenvalue weighted by Crippen LogP contribution is 2.44. The molecule has 0 aliphatic heterocycles. The summed E-state index contributed by atoms with van der Waals surface area (Å²) in [6.45, 7) is 0. The highest BCUT2D eigenvalue weighted by atomic mass is 19.1. The van der Waals surface area contributed by atoms with Gasteiger partial charge in [-0.05, 0) is 18.2 Å². The minimum atomic E-state index is -1.17. The van der Waals surface area contributed by atoms with Gasteiger partial charge in [-0.3, -0.25) is 0 Å². The SMILES string of the molecule is COc1cc2nc(-c3cccc(F)c3)cc(C(=O)O)c2c(OC)c1OC. The maximum Gasteiger partial charge on any atom is 0.336 e. The fraction of sp³-hybridized carbons (Fsp3) is 0.158. The molecule has 2 aromatic carbocycles. The lowest BCUT2D eigenvalue weighted by Gasteiger charge is -2.16. The summed E-state index contributed by atoms with van der Waals surface area (Å²) in [5.74, 6) is -0.785. The standard InChI is InChI=1S/C19H16FNO5/c1-24-15-9-14-16(18(26-3)17(15)25-2)12(19(22)23)8-13(21-14)10-5-4-6-11(20)7-10/h4-9H,1-3H3,(H,22,23). The van der Waals surface area contributed by atoms with Crippen LogP contribution in [0.4, 0.5) is 4.39 Å². The van der Waals surface area contributed by atoms with E-state index in [4.69, 9.17) is 14.2 Å². The van der Waals surface area contributed by atoms with Crippen molar-refractivity contribution in [3.05, 3.63) is 47.8 Å². The van der Waals surface area contributed by atoms with Crippen molar-refractivity contribution in [1.82, 2.24) is 4.98 Å². The Balaban J connectivity index is 2.42. The number of pyridine rings is 1. The van der Waals surface area contributed by atoms with Gasteiger partial charge in [-0.25, -0.2) is 14.2 Å². The van der Waals surface area contributed by atoms with Gasteiger partial charge in [0.05, 0.1) is 43.5 Å². The van der Waals surface area contributed by atoms with E-state index in [0.29, 0.717) is 22.5 Å². The number of carboxylic acids is 1. The normalized spacial score (nSPS) is 10.6. The maximum absolute atomic E-state index is 13.6. The summed E-state index contributed by atoms with van der Waals surface area (Å²) in [5, 5.41) is 9.97. The third kappa shape index (κ3) is 2.88. The molecule has 0 unspecified atom stereocenters. The highest BCUT2D eigenvalue weighted by Gasteiger charge is 2.23. The van der Waals surface area contributed by atoms with E-state index < -0.39 is 11.8 Å². The molecule has 0 amide bonds. The summed E-state index contributed by atoms with van der Waals surface area (Å²) in [7, 11) is 4.29. The average molecular weight is 357 g/mol. The lowest BCUT2D eigenvalue weighted by Crippen LogP contribution is -2.04. The highest BCUT2D eigenvalue weighted by molar-refractivity contribution is 6.08. The van der Waals surface area contributed by atoms with Crippen LogP contribution in [-0.2, 0) is 0 Å². The Labute approximate surface area is 148 Å². The molecule has 1 heterocycles. The zero-order valence-corrected chi connectivity index (χ0v) is 14.4. The summed E-state index contributed by atoms with van der Waals surface area (Å²) in [6, 6.07) is 8.73. The third-order valence-electron chi connectivity index (χ3n) is 3.95. The van der Waals surface area contributed by atoms with Crippen molar-refractivity contribution in [3.8, 4) is 28.5 Å². The van der Waals surface area contributed by atoms with E-state index in [1.807, 2.05) is 0 Å². The fourth-order valence-electron chi connectivity index (χ4n) is 2.83. The van der Waals surface area contributed by atoms with Gasteiger partial charge >= 0.3 is 5.97 Å². The minimum absolute atomic E-state index is 0.0351. The van der Waals surface area contributed by atoms with Crippen molar-refractivity contribution in [2.45, 2.75) is 0 Å². The molecule has 3 rings (SSSR count). The second kappa shape index (κ2) is 6.87. The molecule has 134 valence electrons. The summed E-state index contributed by atoms with van der Waals surface area (Å²) in [6.07, 6.45) is 0. The smallest absolute Gasteiger partial charge is 0.336 e. The Kier molecular flexibility index (Phi) is 4.62. The van der Waals surface area contributed by atoms with Crippen molar-refractivity contribution in [3.63, 3.8) is 0 Å². The first-order valence-electron chi connectivity index (χ1n) is 7.63. The van der Waals surface area contributed by atoms with E-state index in [0.717, 1.165) is 0 Å². The molecule has 26 heavy (non-hydrogen) atoms. The van der Waals surface area contributed by atoms with Gasteiger partial charge in [0.25, 0.3) is 0 Å². The van der Waals surface area contributed by atoms with E-state index in [-0.39, 0.29) is 22.4 Å². The number of methoxy groups -OCH3 is 3. The van der Waals surface area contributed by atoms with Gasteiger partial charge in [0.2, 0.25) is 5.75 Å². The Morgan fingerprint density at radius 2 is 1.77 bits per heavy atom. The lowest BCUT2D eigenvalue weighted by atomic mass is 10.0. The van der Waals surface area contributed by atoms with Crippen molar-refractivity contribution in [1.29, 1.82) is 0 Å². The molecule has 1 aromatic heterocycles. The third-order valence-corrected chi connectivity index (χ3v) is 3.95. The summed E-state index contributed by atoms with van der Waals surface area (Å²) in [4.78, 5) is 16.3. The molecular formula is C19H16FNO5. The van der Waals surface area contributed by atoms with Crippen molar-refractivity contribution >= 4 is 16.9 Å². The molecule has 0 radical (unpaired) electrons. The van der Waals surface area contributed by atoms with Crippen LogP contribution in [-0.4, -0.2) is 37.4 Å². The number of carboxylic acid groups (broad SMARTS) is 1. The predicted octanol–water partition coefficient (Wildman–Crippen LogP) is 3.76. The molecule has 0 saturated carbocycles. The van der Waals surface area contributed by atoms with E-state index in [2.05, 4.69) is 4.98 Å². The van der Waals surface area contributed by atoms with Crippen LogP contribution in [0, 0.1) is 5.82 Å². The van der Waals surface area contributed by atoms with E-state index in [1.165, 1.54) is 45.6 Å². The fourth-order valence-corrected chi connectivity index (χ4v) is 2.83. The van der Waals surface area contributed by atoms with E-state index >= 15 is 0 Å². The number of fused-ring (bicyclic) bond motifs is 1. The molecule has 0 aliphatic carbocycles.